The zero-order valence-corrected chi connectivity index (χ0v) is 12.1. The molecule has 1 unspecified atom stereocenters. The highest BCUT2D eigenvalue weighted by molar-refractivity contribution is 5.79. The van der Waals surface area contributed by atoms with E-state index in [1.165, 1.54) is 12.1 Å². The Balaban J connectivity index is 2.29. The fraction of sp³-hybridized carbons (Fsp3) is 0.467. The predicted octanol–water partition coefficient (Wildman–Crippen LogP) is 2.54. The molecule has 7 heteroatoms. The third kappa shape index (κ3) is 3.32. The van der Waals surface area contributed by atoms with Gasteiger partial charge in [-0.3, -0.25) is 4.79 Å². The first-order valence-corrected chi connectivity index (χ1v) is 6.94. The van der Waals surface area contributed by atoms with Gasteiger partial charge in [0, 0.05) is 25.8 Å². The normalized spacial score (nSPS) is 18.7. The molecular weight excluding hydrogens is 295 g/mol. The lowest BCUT2D eigenvalue weighted by molar-refractivity contribution is -0.137. The number of nitriles is 1. The van der Waals surface area contributed by atoms with Crippen molar-refractivity contribution in [2.75, 3.05) is 25.0 Å². The van der Waals surface area contributed by atoms with Crippen molar-refractivity contribution >= 4 is 11.6 Å². The molecule has 1 fully saturated rings. The first kappa shape index (κ1) is 16.1. The summed E-state index contributed by atoms with van der Waals surface area (Å²) in [6.07, 6.45) is -3.12. The molecule has 4 nitrogen and oxygen atoms in total. The molecule has 1 heterocycles. The van der Waals surface area contributed by atoms with Gasteiger partial charge in [-0.2, -0.15) is 18.4 Å². The lowest BCUT2D eigenvalue weighted by Gasteiger charge is -2.34. The van der Waals surface area contributed by atoms with E-state index in [9.17, 15) is 18.0 Å². The maximum absolute atomic E-state index is 13.0. The van der Waals surface area contributed by atoms with Crippen molar-refractivity contribution in [3.8, 4) is 6.07 Å². The average Bonchev–Trinajstić information content (AvgIpc) is 2.52. The number of hydrogen-bond acceptors (Lipinski definition) is 3. The molecular formula is C15H16F3N3O. The van der Waals surface area contributed by atoms with Crippen molar-refractivity contribution in [3.63, 3.8) is 0 Å². The number of alkyl halides is 3. The van der Waals surface area contributed by atoms with Crippen LogP contribution in [0.3, 0.4) is 0 Å². The molecule has 22 heavy (non-hydrogen) atoms. The van der Waals surface area contributed by atoms with Gasteiger partial charge in [0.15, 0.2) is 0 Å². The fourth-order valence-electron chi connectivity index (χ4n) is 2.69. The summed E-state index contributed by atoms with van der Waals surface area (Å²) in [5.41, 5.74) is -0.939. The van der Waals surface area contributed by atoms with Crippen LogP contribution in [-0.2, 0) is 11.0 Å². The van der Waals surface area contributed by atoms with Crippen LogP contribution in [-0.4, -0.2) is 26.0 Å². The molecule has 1 atom stereocenters. The SMILES string of the molecule is CNC(=O)C1CCCN(c2ccc(C#N)c(C(F)(F)F)c2)C1. The molecule has 0 aromatic heterocycles. The Morgan fingerprint density at radius 2 is 2.18 bits per heavy atom. The van der Waals surface area contributed by atoms with Crippen molar-refractivity contribution in [3.05, 3.63) is 29.3 Å². The molecule has 2 rings (SSSR count). The molecule has 1 aromatic carbocycles. The van der Waals surface area contributed by atoms with Gasteiger partial charge in [0.05, 0.1) is 23.1 Å². The Kier molecular flexibility index (Phi) is 4.59. The summed E-state index contributed by atoms with van der Waals surface area (Å²) in [6.45, 7) is 0.972. The van der Waals surface area contributed by atoms with Crippen molar-refractivity contribution in [2.45, 2.75) is 19.0 Å². The van der Waals surface area contributed by atoms with E-state index in [0.717, 1.165) is 18.9 Å². The van der Waals surface area contributed by atoms with Crippen LogP contribution in [0.25, 0.3) is 0 Å². The van der Waals surface area contributed by atoms with Crippen LogP contribution < -0.4 is 10.2 Å². The molecule has 1 aromatic rings. The molecule has 0 spiro atoms. The highest BCUT2D eigenvalue weighted by atomic mass is 19.4. The van der Waals surface area contributed by atoms with Gasteiger partial charge < -0.3 is 10.2 Å². The number of nitrogens with zero attached hydrogens (tertiary/aromatic N) is 2. The summed E-state index contributed by atoms with van der Waals surface area (Å²) in [7, 11) is 1.55. The van der Waals surface area contributed by atoms with Gasteiger partial charge in [-0.25, -0.2) is 0 Å². The predicted molar refractivity (Wildman–Crippen MR) is 75.2 cm³/mol. The minimum absolute atomic E-state index is 0.102. The molecule has 0 bridgehead atoms. The van der Waals surface area contributed by atoms with E-state index in [2.05, 4.69) is 5.32 Å². The number of halogens is 3. The van der Waals surface area contributed by atoms with Gasteiger partial charge in [0.2, 0.25) is 5.91 Å². The lowest BCUT2D eigenvalue weighted by Crippen LogP contribution is -2.42. The van der Waals surface area contributed by atoms with Crippen molar-refractivity contribution in [2.24, 2.45) is 5.92 Å². The molecule has 1 saturated heterocycles. The van der Waals surface area contributed by atoms with E-state index in [-0.39, 0.29) is 11.8 Å². The number of nitrogens with one attached hydrogen (secondary N) is 1. The molecule has 1 aliphatic rings. The highest BCUT2D eigenvalue weighted by Gasteiger charge is 2.35. The molecule has 0 saturated carbocycles. The minimum Gasteiger partial charge on any atom is -0.371 e. The van der Waals surface area contributed by atoms with Crippen LogP contribution in [0.2, 0.25) is 0 Å². The summed E-state index contributed by atoms with van der Waals surface area (Å²) in [5, 5.41) is 11.4. The largest absolute Gasteiger partial charge is 0.417 e. The fourth-order valence-corrected chi connectivity index (χ4v) is 2.69. The molecule has 0 aliphatic carbocycles. The monoisotopic (exact) mass is 311 g/mol. The average molecular weight is 311 g/mol. The molecule has 118 valence electrons. The Morgan fingerprint density at radius 1 is 1.45 bits per heavy atom. The van der Waals surface area contributed by atoms with Crippen molar-refractivity contribution in [1.82, 2.24) is 5.32 Å². The van der Waals surface area contributed by atoms with Crippen LogP contribution in [0.1, 0.15) is 24.0 Å². The summed E-state index contributed by atoms with van der Waals surface area (Å²) in [5.74, 6) is -0.335. The van der Waals surface area contributed by atoms with E-state index in [1.807, 2.05) is 0 Å². The minimum atomic E-state index is -4.57. The molecule has 0 radical (unpaired) electrons. The van der Waals surface area contributed by atoms with Crippen LogP contribution >= 0.6 is 0 Å². The number of benzene rings is 1. The molecule has 1 aliphatic heterocycles. The van der Waals surface area contributed by atoms with Gasteiger partial charge in [-0.15, -0.1) is 0 Å². The van der Waals surface area contributed by atoms with Gasteiger partial charge >= 0.3 is 6.18 Å². The maximum Gasteiger partial charge on any atom is 0.417 e. The molecule has 1 N–H and O–H groups in total. The zero-order chi connectivity index (χ0) is 16.3. The number of amides is 1. The Bertz CT molecular complexity index is 607. The van der Waals surface area contributed by atoms with E-state index in [0.29, 0.717) is 18.8 Å². The van der Waals surface area contributed by atoms with Gasteiger partial charge in [0.1, 0.15) is 0 Å². The summed E-state index contributed by atoms with van der Waals surface area (Å²) in [6, 6.07) is 5.24. The summed E-state index contributed by atoms with van der Waals surface area (Å²) in [4.78, 5) is 13.5. The van der Waals surface area contributed by atoms with E-state index < -0.39 is 17.3 Å². The first-order valence-electron chi connectivity index (χ1n) is 6.94. The lowest BCUT2D eigenvalue weighted by atomic mass is 9.96. The number of carbonyl (C=O) groups excluding carboxylic acids is 1. The van der Waals surface area contributed by atoms with Gasteiger partial charge in [-0.05, 0) is 31.0 Å². The number of hydrogen-bond donors (Lipinski definition) is 1. The Morgan fingerprint density at radius 3 is 2.77 bits per heavy atom. The number of carbonyl (C=O) groups is 1. The number of anilines is 1. The van der Waals surface area contributed by atoms with Crippen molar-refractivity contribution in [1.29, 1.82) is 5.26 Å². The number of rotatable bonds is 2. The van der Waals surface area contributed by atoms with Crippen LogP contribution in [0.4, 0.5) is 18.9 Å². The Labute approximate surface area is 126 Å². The van der Waals surface area contributed by atoms with Crippen LogP contribution in [0, 0.1) is 17.2 Å². The smallest absolute Gasteiger partial charge is 0.371 e. The quantitative estimate of drug-likeness (QED) is 0.913. The van der Waals surface area contributed by atoms with Gasteiger partial charge in [0.25, 0.3) is 0 Å². The van der Waals surface area contributed by atoms with Crippen molar-refractivity contribution < 1.29 is 18.0 Å². The Hall–Kier alpha value is -2.23. The summed E-state index contributed by atoms with van der Waals surface area (Å²) >= 11 is 0. The third-order valence-corrected chi connectivity index (χ3v) is 3.83. The molecule has 1 amide bonds. The van der Waals surface area contributed by atoms with Gasteiger partial charge in [-0.1, -0.05) is 0 Å². The standard InChI is InChI=1S/C15H16F3N3O/c1-20-14(22)11-3-2-6-21(9-11)12-5-4-10(8-19)13(7-12)15(16,17)18/h4-5,7,11H,2-3,6,9H2,1H3,(H,20,22). The van der Waals surface area contributed by atoms with Crippen LogP contribution in [0.15, 0.2) is 18.2 Å². The number of piperidine rings is 1. The van der Waals surface area contributed by atoms with Crippen LogP contribution in [0.5, 0.6) is 0 Å². The van der Waals surface area contributed by atoms with E-state index in [4.69, 9.17) is 5.26 Å². The first-order chi connectivity index (χ1) is 10.4. The maximum atomic E-state index is 13.0. The second-order valence-electron chi connectivity index (χ2n) is 5.24. The third-order valence-electron chi connectivity index (χ3n) is 3.83. The highest BCUT2D eigenvalue weighted by Crippen LogP contribution is 2.35. The van der Waals surface area contributed by atoms with E-state index >= 15 is 0 Å². The topological polar surface area (TPSA) is 56.1 Å². The second-order valence-corrected chi connectivity index (χ2v) is 5.24. The van der Waals surface area contributed by atoms with E-state index in [1.54, 1.807) is 18.0 Å². The zero-order valence-electron chi connectivity index (χ0n) is 12.1. The summed E-state index contributed by atoms with van der Waals surface area (Å²) < 4.78 is 39.0. The second kappa shape index (κ2) is 6.26.